The molecule has 0 aromatic heterocycles. The number of hydrogen-bond donors (Lipinski definition) is 2. The van der Waals surface area contributed by atoms with E-state index in [4.69, 9.17) is 0 Å². The van der Waals surface area contributed by atoms with Gasteiger partial charge in [0.1, 0.15) is 0 Å². The SMILES string of the molecule is CN=C(NCCc1ccc(C(C)(C)C)cc1)NCC1CCS(=O)(=O)C1.I. The van der Waals surface area contributed by atoms with E-state index >= 15 is 0 Å². The van der Waals surface area contributed by atoms with E-state index in [0.29, 0.717) is 12.3 Å². The highest BCUT2D eigenvalue weighted by Crippen LogP contribution is 2.22. The first-order chi connectivity index (χ1) is 11.7. The van der Waals surface area contributed by atoms with Crippen molar-refractivity contribution in [3.63, 3.8) is 0 Å². The summed E-state index contributed by atoms with van der Waals surface area (Å²) in [5.41, 5.74) is 2.81. The van der Waals surface area contributed by atoms with Gasteiger partial charge >= 0.3 is 0 Å². The highest BCUT2D eigenvalue weighted by molar-refractivity contribution is 14.0. The van der Waals surface area contributed by atoms with E-state index in [1.807, 2.05) is 0 Å². The normalized spacial score (nSPS) is 19.7. The molecule has 0 amide bonds. The molecule has 5 nitrogen and oxygen atoms in total. The molecule has 1 unspecified atom stereocenters. The van der Waals surface area contributed by atoms with E-state index in [2.05, 4.69) is 60.7 Å². The van der Waals surface area contributed by atoms with Gasteiger partial charge in [0.2, 0.25) is 0 Å². The summed E-state index contributed by atoms with van der Waals surface area (Å²) in [4.78, 5) is 4.21. The molecule has 2 rings (SSSR count). The Hall–Kier alpha value is -0.830. The zero-order valence-corrected chi connectivity index (χ0v) is 19.4. The summed E-state index contributed by atoms with van der Waals surface area (Å²) >= 11 is 0. The molecule has 1 heterocycles. The minimum Gasteiger partial charge on any atom is -0.356 e. The van der Waals surface area contributed by atoms with Crippen molar-refractivity contribution >= 4 is 39.8 Å². The van der Waals surface area contributed by atoms with Gasteiger partial charge in [0, 0.05) is 20.1 Å². The van der Waals surface area contributed by atoms with Crippen LogP contribution in [0.25, 0.3) is 0 Å². The summed E-state index contributed by atoms with van der Waals surface area (Å²) in [5.74, 6) is 1.52. The Morgan fingerprint density at radius 3 is 2.35 bits per heavy atom. The molecule has 26 heavy (non-hydrogen) atoms. The summed E-state index contributed by atoms with van der Waals surface area (Å²) in [6, 6.07) is 8.76. The maximum absolute atomic E-state index is 11.5. The summed E-state index contributed by atoms with van der Waals surface area (Å²) in [6.07, 6.45) is 1.66. The Bertz CT molecular complexity index is 694. The molecule has 0 aliphatic carbocycles. The third-order valence-corrected chi connectivity index (χ3v) is 6.47. The number of nitrogens with zero attached hydrogens (tertiary/aromatic N) is 1. The first kappa shape index (κ1) is 23.2. The van der Waals surface area contributed by atoms with Gasteiger partial charge in [-0.15, -0.1) is 24.0 Å². The van der Waals surface area contributed by atoms with Crippen LogP contribution in [0, 0.1) is 5.92 Å². The van der Waals surface area contributed by atoms with Crippen molar-refractivity contribution in [1.29, 1.82) is 0 Å². The molecular weight excluding hydrogens is 461 g/mol. The Morgan fingerprint density at radius 1 is 1.19 bits per heavy atom. The molecule has 148 valence electrons. The van der Waals surface area contributed by atoms with Crippen LogP contribution < -0.4 is 10.6 Å². The zero-order chi connectivity index (χ0) is 18.5. The Balaban J connectivity index is 0.00000338. The number of sulfone groups is 1. The van der Waals surface area contributed by atoms with Crippen molar-refractivity contribution in [2.75, 3.05) is 31.6 Å². The molecule has 7 heteroatoms. The van der Waals surface area contributed by atoms with Crippen LogP contribution in [0.2, 0.25) is 0 Å². The van der Waals surface area contributed by atoms with Gasteiger partial charge in [-0.05, 0) is 35.3 Å². The summed E-state index contributed by atoms with van der Waals surface area (Å²) in [6.45, 7) is 8.09. The van der Waals surface area contributed by atoms with Crippen molar-refractivity contribution in [3.8, 4) is 0 Å². The van der Waals surface area contributed by atoms with Gasteiger partial charge in [-0.3, -0.25) is 4.99 Å². The second kappa shape index (κ2) is 9.92. The standard InChI is InChI=1S/C19H31N3O2S.HI/c1-19(2,3)17-7-5-15(6-8-17)9-11-21-18(20-4)22-13-16-10-12-25(23,24)14-16;/h5-8,16H,9-14H2,1-4H3,(H2,20,21,22);1H. The molecule has 0 radical (unpaired) electrons. The molecule has 1 atom stereocenters. The van der Waals surface area contributed by atoms with Crippen molar-refractivity contribution in [2.24, 2.45) is 10.9 Å². The van der Waals surface area contributed by atoms with Crippen molar-refractivity contribution in [3.05, 3.63) is 35.4 Å². The minimum absolute atomic E-state index is 0. The fourth-order valence-corrected chi connectivity index (χ4v) is 4.85. The summed E-state index contributed by atoms with van der Waals surface area (Å²) in [5, 5.41) is 6.54. The van der Waals surface area contributed by atoms with Gasteiger partial charge in [-0.2, -0.15) is 0 Å². The van der Waals surface area contributed by atoms with E-state index in [0.717, 1.165) is 25.3 Å². The fourth-order valence-electron chi connectivity index (χ4n) is 2.99. The summed E-state index contributed by atoms with van der Waals surface area (Å²) in [7, 11) is -1.08. The monoisotopic (exact) mass is 493 g/mol. The molecular formula is C19H32IN3O2S. The maximum atomic E-state index is 11.5. The Labute approximate surface area is 175 Å². The van der Waals surface area contributed by atoms with Crippen LogP contribution in [0.3, 0.4) is 0 Å². The lowest BCUT2D eigenvalue weighted by molar-refractivity contribution is 0.567. The van der Waals surface area contributed by atoms with E-state index in [1.165, 1.54) is 11.1 Å². The minimum atomic E-state index is -2.82. The average Bonchev–Trinajstić information content (AvgIpc) is 2.89. The molecule has 0 saturated carbocycles. The lowest BCUT2D eigenvalue weighted by Crippen LogP contribution is -2.40. The molecule has 0 spiro atoms. The quantitative estimate of drug-likeness (QED) is 0.376. The van der Waals surface area contributed by atoms with E-state index in [1.54, 1.807) is 7.05 Å². The Kier molecular flexibility index (Phi) is 8.85. The molecule has 1 aromatic carbocycles. The van der Waals surface area contributed by atoms with Crippen LogP contribution in [0.1, 0.15) is 38.3 Å². The first-order valence-electron chi connectivity index (χ1n) is 8.94. The highest BCUT2D eigenvalue weighted by Gasteiger charge is 2.27. The second-order valence-corrected chi connectivity index (χ2v) is 10.1. The Morgan fingerprint density at radius 2 is 1.85 bits per heavy atom. The number of rotatable bonds is 5. The molecule has 1 aliphatic rings. The molecule has 1 saturated heterocycles. The number of aliphatic imine (C=N–C) groups is 1. The average molecular weight is 493 g/mol. The van der Waals surface area contributed by atoms with Crippen molar-refractivity contribution in [2.45, 2.75) is 39.0 Å². The van der Waals surface area contributed by atoms with Crippen LogP contribution >= 0.6 is 24.0 Å². The number of hydrogen-bond acceptors (Lipinski definition) is 3. The fraction of sp³-hybridized carbons (Fsp3) is 0.632. The molecule has 2 N–H and O–H groups in total. The van der Waals surface area contributed by atoms with Gasteiger partial charge in [0.25, 0.3) is 0 Å². The zero-order valence-electron chi connectivity index (χ0n) is 16.2. The molecule has 0 bridgehead atoms. The number of nitrogens with one attached hydrogen (secondary N) is 2. The lowest BCUT2D eigenvalue weighted by Gasteiger charge is -2.19. The third-order valence-electron chi connectivity index (χ3n) is 4.63. The van der Waals surface area contributed by atoms with Crippen LogP contribution in [0.5, 0.6) is 0 Å². The van der Waals surface area contributed by atoms with Crippen LogP contribution in [-0.2, 0) is 21.7 Å². The van der Waals surface area contributed by atoms with E-state index in [9.17, 15) is 8.42 Å². The van der Waals surface area contributed by atoms with E-state index in [-0.39, 0.29) is 41.1 Å². The van der Waals surface area contributed by atoms with Gasteiger partial charge < -0.3 is 10.6 Å². The maximum Gasteiger partial charge on any atom is 0.190 e. The van der Waals surface area contributed by atoms with Gasteiger partial charge in [-0.25, -0.2) is 8.42 Å². The van der Waals surface area contributed by atoms with Crippen LogP contribution in [-0.4, -0.2) is 46.0 Å². The van der Waals surface area contributed by atoms with Gasteiger partial charge in [0.15, 0.2) is 15.8 Å². The predicted molar refractivity (Wildman–Crippen MR) is 120 cm³/mol. The van der Waals surface area contributed by atoms with Crippen LogP contribution in [0.4, 0.5) is 0 Å². The predicted octanol–water partition coefficient (Wildman–Crippen LogP) is 2.74. The molecule has 1 fully saturated rings. The highest BCUT2D eigenvalue weighted by atomic mass is 127. The number of guanidine groups is 1. The number of benzene rings is 1. The lowest BCUT2D eigenvalue weighted by atomic mass is 9.86. The van der Waals surface area contributed by atoms with Crippen molar-refractivity contribution < 1.29 is 8.42 Å². The first-order valence-corrected chi connectivity index (χ1v) is 10.8. The van der Waals surface area contributed by atoms with Crippen LogP contribution in [0.15, 0.2) is 29.3 Å². The topological polar surface area (TPSA) is 70.6 Å². The van der Waals surface area contributed by atoms with E-state index < -0.39 is 9.84 Å². The smallest absolute Gasteiger partial charge is 0.190 e. The second-order valence-electron chi connectivity index (χ2n) is 7.85. The largest absolute Gasteiger partial charge is 0.356 e. The van der Waals surface area contributed by atoms with Crippen molar-refractivity contribution in [1.82, 2.24) is 10.6 Å². The number of halogens is 1. The molecule has 1 aromatic rings. The molecule has 1 aliphatic heterocycles. The van der Waals surface area contributed by atoms with Gasteiger partial charge in [0.05, 0.1) is 11.5 Å². The third kappa shape index (κ3) is 7.42. The summed E-state index contributed by atoms with van der Waals surface area (Å²) < 4.78 is 23.0. The van der Waals surface area contributed by atoms with Gasteiger partial charge in [-0.1, -0.05) is 45.0 Å².